The van der Waals surface area contributed by atoms with Gasteiger partial charge in [0.15, 0.2) is 0 Å². The highest BCUT2D eigenvalue weighted by Crippen LogP contribution is 2.35. The molecule has 0 aromatic heterocycles. The zero-order chi connectivity index (χ0) is 11.8. The van der Waals surface area contributed by atoms with Crippen LogP contribution in [0.15, 0.2) is 0 Å². The van der Waals surface area contributed by atoms with Crippen molar-refractivity contribution in [2.45, 2.75) is 58.2 Å². The van der Waals surface area contributed by atoms with Crippen LogP contribution in [-0.4, -0.2) is 48.0 Å². The van der Waals surface area contributed by atoms with Gasteiger partial charge in [0.25, 0.3) is 0 Å². The maximum absolute atomic E-state index is 9.89. The van der Waals surface area contributed by atoms with Crippen LogP contribution in [0, 0.1) is 5.41 Å². The molecule has 3 nitrogen and oxygen atoms in total. The largest absolute Gasteiger partial charge is 0.392 e. The number of hydrogen-bond donors (Lipinski definition) is 1. The molecular weight excluding hydrogens is 202 g/mol. The van der Waals surface area contributed by atoms with Gasteiger partial charge in [-0.25, -0.2) is 0 Å². The van der Waals surface area contributed by atoms with Gasteiger partial charge in [-0.05, 0) is 24.7 Å². The van der Waals surface area contributed by atoms with E-state index in [1.165, 1.54) is 0 Å². The lowest BCUT2D eigenvalue weighted by molar-refractivity contribution is 0.00806. The van der Waals surface area contributed by atoms with Gasteiger partial charge in [-0.15, -0.1) is 0 Å². The van der Waals surface area contributed by atoms with Gasteiger partial charge in [-0.1, -0.05) is 20.8 Å². The van der Waals surface area contributed by atoms with Gasteiger partial charge in [0.2, 0.25) is 0 Å². The SMILES string of the molecule is CC(C)(C)C1C[C@H](O)CN1C1CCOCC1. The summed E-state index contributed by atoms with van der Waals surface area (Å²) in [6.45, 7) is 9.46. The van der Waals surface area contributed by atoms with E-state index in [4.69, 9.17) is 4.74 Å². The van der Waals surface area contributed by atoms with Crippen LogP contribution in [-0.2, 0) is 4.74 Å². The highest BCUT2D eigenvalue weighted by molar-refractivity contribution is 4.95. The molecule has 0 aliphatic carbocycles. The molecule has 0 bridgehead atoms. The Morgan fingerprint density at radius 2 is 1.81 bits per heavy atom. The van der Waals surface area contributed by atoms with E-state index < -0.39 is 0 Å². The first kappa shape index (κ1) is 12.3. The lowest BCUT2D eigenvalue weighted by Gasteiger charge is -2.41. The van der Waals surface area contributed by atoms with Crippen LogP contribution in [0.4, 0.5) is 0 Å². The number of ether oxygens (including phenoxy) is 1. The summed E-state index contributed by atoms with van der Waals surface area (Å²) in [5.74, 6) is 0. The molecular formula is C13H25NO2. The molecule has 0 saturated carbocycles. The van der Waals surface area contributed by atoms with Gasteiger partial charge in [0.05, 0.1) is 6.10 Å². The average molecular weight is 227 g/mol. The Balaban J connectivity index is 2.05. The second kappa shape index (κ2) is 4.63. The van der Waals surface area contributed by atoms with E-state index in [0.29, 0.717) is 12.1 Å². The van der Waals surface area contributed by atoms with Gasteiger partial charge in [-0.3, -0.25) is 4.90 Å². The van der Waals surface area contributed by atoms with Gasteiger partial charge < -0.3 is 9.84 Å². The number of β-amino-alcohol motifs (C(OH)–C–C–N with tert-alkyl or cyclic N) is 1. The van der Waals surface area contributed by atoms with Crippen LogP contribution >= 0.6 is 0 Å². The fourth-order valence-corrected chi connectivity index (χ4v) is 3.11. The summed E-state index contributed by atoms with van der Waals surface area (Å²) in [6.07, 6.45) is 3.05. The summed E-state index contributed by atoms with van der Waals surface area (Å²) in [4.78, 5) is 2.53. The number of likely N-dealkylation sites (tertiary alicyclic amines) is 1. The molecule has 0 radical (unpaired) electrons. The van der Waals surface area contributed by atoms with Crippen molar-refractivity contribution in [2.75, 3.05) is 19.8 Å². The quantitative estimate of drug-likeness (QED) is 0.739. The van der Waals surface area contributed by atoms with Crippen molar-refractivity contribution < 1.29 is 9.84 Å². The predicted molar refractivity (Wildman–Crippen MR) is 64.4 cm³/mol. The summed E-state index contributed by atoms with van der Waals surface area (Å²) in [5, 5.41) is 9.89. The molecule has 0 spiro atoms. The van der Waals surface area contributed by atoms with Gasteiger partial charge in [0.1, 0.15) is 0 Å². The predicted octanol–water partition coefficient (Wildman–Crippen LogP) is 1.65. The van der Waals surface area contributed by atoms with Crippen LogP contribution in [0.2, 0.25) is 0 Å². The number of nitrogens with zero attached hydrogens (tertiary/aromatic N) is 1. The summed E-state index contributed by atoms with van der Waals surface area (Å²) < 4.78 is 5.42. The van der Waals surface area contributed by atoms with Crippen molar-refractivity contribution >= 4 is 0 Å². The summed E-state index contributed by atoms with van der Waals surface area (Å²) in [5.41, 5.74) is 0.260. The molecule has 94 valence electrons. The van der Waals surface area contributed by atoms with E-state index in [2.05, 4.69) is 25.7 Å². The summed E-state index contributed by atoms with van der Waals surface area (Å²) in [6, 6.07) is 1.14. The molecule has 2 aliphatic heterocycles. The van der Waals surface area contributed by atoms with Crippen LogP contribution in [0.3, 0.4) is 0 Å². The van der Waals surface area contributed by atoms with E-state index in [9.17, 15) is 5.11 Å². The molecule has 0 amide bonds. The molecule has 2 atom stereocenters. The second-order valence-electron chi connectivity index (χ2n) is 6.31. The van der Waals surface area contributed by atoms with Crippen LogP contribution < -0.4 is 0 Å². The lowest BCUT2D eigenvalue weighted by atomic mass is 9.84. The average Bonchev–Trinajstić information content (AvgIpc) is 2.61. The zero-order valence-electron chi connectivity index (χ0n) is 10.8. The van der Waals surface area contributed by atoms with Gasteiger partial charge in [0, 0.05) is 31.8 Å². The highest BCUT2D eigenvalue weighted by atomic mass is 16.5. The van der Waals surface area contributed by atoms with Crippen molar-refractivity contribution in [1.82, 2.24) is 4.90 Å². The minimum absolute atomic E-state index is 0.132. The fourth-order valence-electron chi connectivity index (χ4n) is 3.11. The third-order valence-corrected chi connectivity index (χ3v) is 3.98. The number of hydrogen-bond acceptors (Lipinski definition) is 3. The van der Waals surface area contributed by atoms with E-state index in [0.717, 1.165) is 39.0 Å². The Bertz CT molecular complexity index is 231. The van der Waals surface area contributed by atoms with E-state index in [1.807, 2.05) is 0 Å². The Morgan fingerprint density at radius 3 is 2.38 bits per heavy atom. The normalized spacial score (nSPS) is 34.5. The Hall–Kier alpha value is -0.120. The number of aliphatic hydroxyl groups excluding tert-OH is 1. The molecule has 2 aliphatic rings. The first-order valence-electron chi connectivity index (χ1n) is 6.50. The molecule has 2 fully saturated rings. The number of rotatable bonds is 1. The molecule has 0 aromatic carbocycles. The third-order valence-electron chi connectivity index (χ3n) is 3.98. The smallest absolute Gasteiger partial charge is 0.0682 e. The van der Waals surface area contributed by atoms with Gasteiger partial charge >= 0.3 is 0 Å². The van der Waals surface area contributed by atoms with E-state index >= 15 is 0 Å². The molecule has 1 N–H and O–H groups in total. The Kier molecular flexibility index (Phi) is 3.57. The van der Waals surface area contributed by atoms with Crippen molar-refractivity contribution in [2.24, 2.45) is 5.41 Å². The minimum Gasteiger partial charge on any atom is -0.392 e. The standard InChI is InChI=1S/C13H25NO2/c1-13(2,3)12-8-11(15)9-14(12)10-4-6-16-7-5-10/h10-12,15H,4-9H2,1-3H3/t11-,12?/m0/s1. The molecule has 2 rings (SSSR count). The number of aliphatic hydroxyl groups is 1. The maximum atomic E-state index is 9.89. The summed E-state index contributed by atoms with van der Waals surface area (Å²) >= 11 is 0. The van der Waals surface area contributed by atoms with Crippen molar-refractivity contribution in [3.63, 3.8) is 0 Å². The fraction of sp³-hybridized carbons (Fsp3) is 1.00. The minimum atomic E-state index is -0.132. The topological polar surface area (TPSA) is 32.7 Å². The zero-order valence-corrected chi connectivity index (χ0v) is 10.8. The van der Waals surface area contributed by atoms with E-state index in [-0.39, 0.29) is 11.5 Å². The monoisotopic (exact) mass is 227 g/mol. The van der Waals surface area contributed by atoms with Crippen molar-refractivity contribution in [3.8, 4) is 0 Å². The molecule has 16 heavy (non-hydrogen) atoms. The first-order valence-corrected chi connectivity index (χ1v) is 6.50. The van der Waals surface area contributed by atoms with Crippen molar-refractivity contribution in [3.05, 3.63) is 0 Å². The summed E-state index contributed by atoms with van der Waals surface area (Å²) in [7, 11) is 0. The molecule has 2 heterocycles. The molecule has 1 unspecified atom stereocenters. The van der Waals surface area contributed by atoms with Crippen LogP contribution in [0.1, 0.15) is 40.0 Å². The van der Waals surface area contributed by atoms with Crippen molar-refractivity contribution in [1.29, 1.82) is 0 Å². The second-order valence-corrected chi connectivity index (χ2v) is 6.31. The Labute approximate surface area is 98.8 Å². The maximum Gasteiger partial charge on any atom is 0.0682 e. The lowest BCUT2D eigenvalue weighted by Crippen LogP contribution is -2.47. The van der Waals surface area contributed by atoms with Gasteiger partial charge in [-0.2, -0.15) is 0 Å². The van der Waals surface area contributed by atoms with Crippen LogP contribution in [0.5, 0.6) is 0 Å². The third kappa shape index (κ3) is 2.58. The Morgan fingerprint density at radius 1 is 1.19 bits per heavy atom. The molecule has 3 heteroatoms. The molecule has 0 aromatic rings. The van der Waals surface area contributed by atoms with Crippen LogP contribution in [0.25, 0.3) is 0 Å². The highest BCUT2D eigenvalue weighted by Gasteiger charge is 2.41. The molecule has 2 saturated heterocycles. The van der Waals surface area contributed by atoms with E-state index in [1.54, 1.807) is 0 Å². The first-order chi connectivity index (χ1) is 7.48.